The predicted octanol–water partition coefficient (Wildman–Crippen LogP) is 6.88. The molecule has 0 heterocycles. The number of nitro groups is 1. The Labute approximate surface area is 222 Å². The van der Waals surface area contributed by atoms with Crippen LogP contribution in [0.3, 0.4) is 0 Å². The Hall–Kier alpha value is -2.23. The number of nitrogens with zero attached hydrogens (tertiary/aromatic N) is 1. The highest BCUT2D eigenvalue weighted by atomic mass is 79.9. The van der Waals surface area contributed by atoms with Crippen molar-refractivity contribution in [3.63, 3.8) is 0 Å². The van der Waals surface area contributed by atoms with Crippen molar-refractivity contribution >= 4 is 62.9 Å². The third-order valence-corrected chi connectivity index (χ3v) is 6.02. The minimum absolute atomic E-state index is 0. The Morgan fingerprint density at radius 2 is 1.74 bits per heavy atom. The van der Waals surface area contributed by atoms with Gasteiger partial charge in [0.15, 0.2) is 11.5 Å². The molecule has 0 spiro atoms. The molecule has 182 valence electrons. The van der Waals surface area contributed by atoms with E-state index in [4.69, 9.17) is 32.7 Å². The maximum atomic E-state index is 10.7. The molecular formula is C23H23BrCl3N3O4. The molecule has 0 saturated heterocycles. The second kappa shape index (κ2) is 13.6. The minimum atomic E-state index is -0.415. The van der Waals surface area contributed by atoms with Crippen LogP contribution in [0.1, 0.15) is 11.1 Å². The lowest BCUT2D eigenvalue weighted by Gasteiger charge is -2.15. The van der Waals surface area contributed by atoms with Crippen molar-refractivity contribution in [1.82, 2.24) is 5.32 Å². The van der Waals surface area contributed by atoms with Gasteiger partial charge in [-0.3, -0.25) is 10.1 Å². The first kappa shape index (κ1) is 28.0. The molecule has 0 saturated carbocycles. The number of hydrogen-bond donors (Lipinski definition) is 2. The smallest absolute Gasteiger partial charge is 0.269 e. The maximum Gasteiger partial charge on any atom is 0.269 e. The summed E-state index contributed by atoms with van der Waals surface area (Å²) in [5, 5.41) is 18.3. The quantitative estimate of drug-likeness (QED) is 0.144. The molecule has 0 bridgehead atoms. The molecule has 0 aliphatic heterocycles. The van der Waals surface area contributed by atoms with E-state index in [0.717, 1.165) is 21.3 Å². The number of halogens is 4. The van der Waals surface area contributed by atoms with Crippen LogP contribution in [0, 0.1) is 10.1 Å². The van der Waals surface area contributed by atoms with E-state index in [2.05, 4.69) is 26.6 Å². The summed E-state index contributed by atoms with van der Waals surface area (Å²) in [6, 6.07) is 15.6. The van der Waals surface area contributed by atoms with E-state index in [1.807, 2.05) is 18.2 Å². The van der Waals surface area contributed by atoms with Crippen LogP contribution in [0.2, 0.25) is 10.0 Å². The number of nitro benzene ring substituents is 1. The average molecular weight is 592 g/mol. The Bertz CT molecular complexity index is 1120. The highest BCUT2D eigenvalue weighted by molar-refractivity contribution is 9.10. The first-order valence-electron chi connectivity index (χ1n) is 9.99. The Morgan fingerprint density at radius 3 is 2.38 bits per heavy atom. The summed E-state index contributed by atoms with van der Waals surface area (Å²) in [5.41, 5.74) is 2.82. The minimum Gasteiger partial charge on any atom is -0.493 e. The van der Waals surface area contributed by atoms with Crippen LogP contribution in [0.5, 0.6) is 11.5 Å². The molecule has 2 N–H and O–H groups in total. The first-order valence-corrected chi connectivity index (χ1v) is 11.5. The van der Waals surface area contributed by atoms with Crippen LogP contribution in [-0.4, -0.2) is 25.1 Å². The van der Waals surface area contributed by atoms with Crippen molar-refractivity contribution < 1.29 is 14.4 Å². The van der Waals surface area contributed by atoms with E-state index in [1.165, 1.54) is 12.1 Å². The van der Waals surface area contributed by atoms with E-state index < -0.39 is 4.92 Å². The highest BCUT2D eigenvalue weighted by Crippen LogP contribution is 2.37. The van der Waals surface area contributed by atoms with Gasteiger partial charge in [-0.05, 0) is 63.5 Å². The molecule has 0 radical (unpaired) electrons. The highest BCUT2D eigenvalue weighted by Gasteiger charge is 2.12. The van der Waals surface area contributed by atoms with Gasteiger partial charge in [0.1, 0.15) is 6.61 Å². The molecule has 3 aromatic carbocycles. The number of rotatable bonds is 11. The second-order valence-electron chi connectivity index (χ2n) is 7.05. The molecule has 0 fully saturated rings. The SMILES string of the molecule is COc1cc(CNCCNc2ccc([N+](=O)[O-])cc2)cc(Br)c1OCc1ccc(Cl)c(Cl)c1.Cl. The fraction of sp³-hybridized carbons (Fsp3) is 0.217. The number of ether oxygens (including phenoxy) is 2. The average Bonchev–Trinajstić information content (AvgIpc) is 2.80. The fourth-order valence-corrected chi connectivity index (χ4v) is 3.95. The monoisotopic (exact) mass is 589 g/mol. The summed E-state index contributed by atoms with van der Waals surface area (Å²) in [4.78, 5) is 10.3. The summed E-state index contributed by atoms with van der Waals surface area (Å²) in [5.74, 6) is 1.22. The molecule has 0 aliphatic carbocycles. The fourth-order valence-electron chi connectivity index (χ4n) is 3.03. The van der Waals surface area contributed by atoms with Crippen molar-refractivity contribution in [1.29, 1.82) is 0 Å². The lowest BCUT2D eigenvalue weighted by molar-refractivity contribution is -0.384. The molecule has 3 rings (SSSR count). The van der Waals surface area contributed by atoms with Gasteiger partial charge in [-0.2, -0.15) is 0 Å². The van der Waals surface area contributed by atoms with E-state index in [1.54, 1.807) is 31.4 Å². The Kier molecular flexibility index (Phi) is 11.2. The van der Waals surface area contributed by atoms with Gasteiger partial charge in [-0.15, -0.1) is 12.4 Å². The zero-order valence-corrected chi connectivity index (χ0v) is 22.1. The van der Waals surface area contributed by atoms with Crippen LogP contribution in [0.4, 0.5) is 11.4 Å². The lowest BCUT2D eigenvalue weighted by atomic mass is 10.2. The summed E-state index contributed by atoms with van der Waals surface area (Å²) < 4.78 is 12.3. The number of hydrogen-bond acceptors (Lipinski definition) is 6. The van der Waals surface area contributed by atoms with Crippen LogP contribution >= 0.6 is 51.5 Å². The topological polar surface area (TPSA) is 85.7 Å². The maximum absolute atomic E-state index is 10.7. The largest absolute Gasteiger partial charge is 0.493 e. The molecule has 7 nitrogen and oxygen atoms in total. The zero-order valence-electron chi connectivity index (χ0n) is 18.1. The molecule has 0 aromatic heterocycles. The van der Waals surface area contributed by atoms with Gasteiger partial charge in [0.2, 0.25) is 0 Å². The van der Waals surface area contributed by atoms with E-state index in [9.17, 15) is 10.1 Å². The van der Waals surface area contributed by atoms with E-state index in [0.29, 0.717) is 47.8 Å². The van der Waals surface area contributed by atoms with Crippen molar-refractivity contribution in [2.75, 3.05) is 25.5 Å². The Balaban J connectivity index is 0.00000408. The van der Waals surface area contributed by atoms with Gasteiger partial charge in [0.25, 0.3) is 5.69 Å². The van der Waals surface area contributed by atoms with E-state index in [-0.39, 0.29) is 18.1 Å². The van der Waals surface area contributed by atoms with Gasteiger partial charge in [0.05, 0.1) is 26.6 Å². The second-order valence-corrected chi connectivity index (χ2v) is 8.72. The third kappa shape index (κ3) is 7.92. The molecule has 0 atom stereocenters. The van der Waals surface area contributed by atoms with Crippen LogP contribution in [-0.2, 0) is 13.2 Å². The van der Waals surface area contributed by atoms with Crippen molar-refractivity contribution in [3.05, 3.63) is 90.4 Å². The van der Waals surface area contributed by atoms with Crippen LogP contribution in [0.25, 0.3) is 0 Å². The van der Waals surface area contributed by atoms with Crippen molar-refractivity contribution in [2.24, 2.45) is 0 Å². The van der Waals surface area contributed by atoms with Crippen molar-refractivity contribution in [2.45, 2.75) is 13.2 Å². The first-order chi connectivity index (χ1) is 15.9. The zero-order chi connectivity index (χ0) is 23.8. The lowest BCUT2D eigenvalue weighted by Crippen LogP contribution is -2.21. The third-order valence-electron chi connectivity index (χ3n) is 4.69. The van der Waals surface area contributed by atoms with Crippen molar-refractivity contribution in [3.8, 4) is 11.5 Å². The number of non-ortho nitro benzene ring substituents is 1. The number of benzene rings is 3. The summed E-state index contributed by atoms with van der Waals surface area (Å²) in [6.45, 7) is 2.31. The molecule has 0 unspecified atom stereocenters. The molecule has 3 aromatic rings. The summed E-state index contributed by atoms with van der Waals surface area (Å²) in [7, 11) is 1.60. The van der Waals surface area contributed by atoms with Crippen LogP contribution < -0.4 is 20.1 Å². The van der Waals surface area contributed by atoms with Gasteiger partial charge in [-0.25, -0.2) is 0 Å². The van der Waals surface area contributed by atoms with Crippen LogP contribution in [0.15, 0.2) is 59.1 Å². The normalized spacial score (nSPS) is 10.4. The number of anilines is 1. The number of methoxy groups -OCH3 is 1. The summed E-state index contributed by atoms with van der Waals surface area (Å²) in [6.07, 6.45) is 0. The molecule has 11 heteroatoms. The van der Waals surface area contributed by atoms with Gasteiger partial charge in [0, 0.05) is 37.5 Å². The summed E-state index contributed by atoms with van der Waals surface area (Å²) >= 11 is 15.6. The van der Waals surface area contributed by atoms with Gasteiger partial charge < -0.3 is 20.1 Å². The Morgan fingerprint density at radius 1 is 1.00 bits per heavy atom. The molecule has 0 aliphatic rings. The predicted molar refractivity (Wildman–Crippen MR) is 142 cm³/mol. The molecular weight excluding hydrogens is 569 g/mol. The van der Waals surface area contributed by atoms with Gasteiger partial charge >= 0.3 is 0 Å². The molecule has 34 heavy (non-hydrogen) atoms. The van der Waals surface area contributed by atoms with E-state index >= 15 is 0 Å². The molecule has 0 amide bonds. The number of nitrogens with one attached hydrogen (secondary N) is 2. The standard InChI is InChI=1S/C23H22BrCl2N3O4.ClH/c1-32-22-12-16(13-27-8-9-28-17-3-5-18(6-4-17)29(30)31)10-19(24)23(22)33-14-15-2-7-20(25)21(26)11-15;/h2-7,10-12,27-28H,8-9,13-14H2,1H3;1H. The van der Waals surface area contributed by atoms with Gasteiger partial charge in [-0.1, -0.05) is 29.3 Å².